The lowest BCUT2D eigenvalue weighted by molar-refractivity contribution is -0.127. The zero-order chi connectivity index (χ0) is 11.5. The predicted molar refractivity (Wildman–Crippen MR) is 66.0 cm³/mol. The minimum absolute atomic E-state index is 0.0394. The van der Waals surface area contributed by atoms with Crippen LogP contribution in [0, 0.1) is 0 Å². The summed E-state index contributed by atoms with van der Waals surface area (Å²) in [4.78, 5) is 12.0. The van der Waals surface area contributed by atoms with Gasteiger partial charge in [0.05, 0.1) is 0 Å². The van der Waals surface area contributed by atoms with Crippen LogP contribution < -0.4 is 10.1 Å². The molecule has 1 aromatic rings. The Morgan fingerprint density at radius 3 is 3.06 bits per heavy atom. The number of ether oxygens (including phenoxy) is 1. The lowest BCUT2D eigenvalue weighted by atomic mass is 10.1. The van der Waals surface area contributed by atoms with Crippen LogP contribution in [0.1, 0.15) is 12.5 Å². The molecular weight excluding hydrogens is 270 g/mol. The molecule has 1 N–H and O–H groups in total. The maximum Gasteiger partial charge on any atom is 0.261 e. The Kier molecular flexibility index (Phi) is 3.49. The molecule has 2 unspecified atom stereocenters. The fourth-order valence-corrected chi connectivity index (χ4v) is 1.85. The first-order valence-electron chi connectivity index (χ1n) is 5.33. The van der Waals surface area contributed by atoms with E-state index in [9.17, 15) is 4.79 Å². The average molecular weight is 284 g/mol. The van der Waals surface area contributed by atoms with Crippen molar-refractivity contribution in [2.75, 3.05) is 6.54 Å². The van der Waals surface area contributed by atoms with Crippen molar-refractivity contribution in [1.82, 2.24) is 5.32 Å². The molecule has 0 saturated heterocycles. The van der Waals surface area contributed by atoms with Crippen LogP contribution in [0.25, 0.3) is 0 Å². The number of carbonyl (C=O) groups excluding carboxylic acids is 1. The fraction of sp³-hybridized carbons (Fsp3) is 0.417. The summed E-state index contributed by atoms with van der Waals surface area (Å²) in [7, 11) is 0. The highest BCUT2D eigenvalue weighted by atomic mass is 79.9. The van der Waals surface area contributed by atoms with Gasteiger partial charge in [-0.2, -0.15) is 0 Å². The van der Waals surface area contributed by atoms with E-state index in [0.29, 0.717) is 13.0 Å². The van der Waals surface area contributed by atoms with Crippen molar-refractivity contribution in [2.45, 2.75) is 24.3 Å². The molecule has 2 rings (SSSR count). The Hall–Kier alpha value is -1.03. The van der Waals surface area contributed by atoms with Crippen LogP contribution in [0.5, 0.6) is 5.75 Å². The molecule has 16 heavy (non-hydrogen) atoms. The number of hydrogen-bond acceptors (Lipinski definition) is 2. The molecule has 1 aliphatic heterocycles. The number of para-hydroxylation sites is 1. The molecule has 0 fully saturated rings. The third-order valence-electron chi connectivity index (χ3n) is 2.50. The summed E-state index contributed by atoms with van der Waals surface area (Å²) in [5, 5.41) is 2.85. The number of carbonyl (C=O) groups is 1. The summed E-state index contributed by atoms with van der Waals surface area (Å²) in [6.45, 7) is 2.61. The fourth-order valence-electron chi connectivity index (χ4n) is 1.68. The number of amides is 1. The highest BCUT2D eigenvalue weighted by Crippen LogP contribution is 2.28. The smallest absolute Gasteiger partial charge is 0.261 e. The van der Waals surface area contributed by atoms with E-state index in [2.05, 4.69) is 21.2 Å². The van der Waals surface area contributed by atoms with Crippen molar-refractivity contribution < 1.29 is 9.53 Å². The maximum absolute atomic E-state index is 11.8. The molecule has 1 amide bonds. The van der Waals surface area contributed by atoms with Gasteiger partial charge in [0.1, 0.15) is 5.75 Å². The van der Waals surface area contributed by atoms with Gasteiger partial charge < -0.3 is 10.1 Å². The van der Waals surface area contributed by atoms with Crippen LogP contribution in [-0.2, 0) is 11.2 Å². The zero-order valence-electron chi connectivity index (χ0n) is 9.07. The minimum Gasteiger partial charge on any atom is -0.480 e. The van der Waals surface area contributed by atoms with Crippen molar-refractivity contribution in [2.24, 2.45) is 0 Å². The summed E-state index contributed by atoms with van der Waals surface area (Å²) >= 11 is 3.38. The van der Waals surface area contributed by atoms with E-state index in [1.807, 2.05) is 31.2 Å². The molecule has 0 radical (unpaired) electrons. The van der Waals surface area contributed by atoms with Crippen molar-refractivity contribution in [3.63, 3.8) is 0 Å². The summed E-state index contributed by atoms with van der Waals surface area (Å²) < 4.78 is 5.57. The highest BCUT2D eigenvalue weighted by molar-refractivity contribution is 9.09. The first-order valence-corrected chi connectivity index (χ1v) is 6.24. The van der Waals surface area contributed by atoms with Gasteiger partial charge in [-0.1, -0.05) is 41.1 Å². The lowest BCUT2D eigenvalue weighted by Gasteiger charge is -2.12. The van der Waals surface area contributed by atoms with Crippen LogP contribution in [0.15, 0.2) is 24.3 Å². The number of rotatable bonds is 3. The minimum atomic E-state index is -0.372. The second kappa shape index (κ2) is 4.87. The number of halogens is 1. The normalized spacial score (nSPS) is 19.8. The van der Waals surface area contributed by atoms with E-state index in [0.717, 1.165) is 11.3 Å². The molecule has 4 heteroatoms. The van der Waals surface area contributed by atoms with Crippen molar-refractivity contribution in [1.29, 1.82) is 0 Å². The molecule has 1 aliphatic rings. The highest BCUT2D eigenvalue weighted by Gasteiger charge is 2.28. The van der Waals surface area contributed by atoms with Crippen LogP contribution in [-0.4, -0.2) is 23.4 Å². The monoisotopic (exact) mass is 283 g/mol. The standard InChI is InChI=1S/C12H14BrNO2/c1-8(13)7-14-12(15)11-6-9-4-2-3-5-10(9)16-11/h2-5,8,11H,6-7H2,1H3,(H,14,15). The third-order valence-corrected chi connectivity index (χ3v) is 2.82. The van der Waals surface area contributed by atoms with E-state index in [-0.39, 0.29) is 16.8 Å². The first kappa shape index (κ1) is 11.5. The van der Waals surface area contributed by atoms with Crippen LogP contribution in [0.4, 0.5) is 0 Å². The summed E-state index contributed by atoms with van der Waals surface area (Å²) in [5.41, 5.74) is 1.11. The zero-order valence-corrected chi connectivity index (χ0v) is 10.7. The number of hydrogen-bond donors (Lipinski definition) is 1. The largest absolute Gasteiger partial charge is 0.480 e. The Morgan fingerprint density at radius 1 is 1.62 bits per heavy atom. The van der Waals surface area contributed by atoms with Crippen molar-refractivity contribution in [3.8, 4) is 5.75 Å². The molecule has 0 aromatic heterocycles. The molecule has 0 bridgehead atoms. The molecule has 1 heterocycles. The number of benzene rings is 1. The number of alkyl halides is 1. The van der Waals surface area contributed by atoms with E-state index in [1.54, 1.807) is 0 Å². The average Bonchev–Trinajstić information content (AvgIpc) is 2.69. The maximum atomic E-state index is 11.8. The van der Waals surface area contributed by atoms with Crippen LogP contribution in [0.3, 0.4) is 0 Å². The molecular formula is C12H14BrNO2. The molecule has 3 nitrogen and oxygen atoms in total. The molecule has 0 saturated carbocycles. The molecule has 2 atom stereocenters. The van der Waals surface area contributed by atoms with Crippen molar-refractivity contribution in [3.05, 3.63) is 29.8 Å². The van der Waals surface area contributed by atoms with E-state index in [1.165, 1.54) is 0 Å². The van der Waals surface area contributed by atoms with Gasteiger partial charge in [-0.3, -0.25) is 4.79 Å². The van der Waals surface area contributed by atoms with Gasteiger partial charge in [-0.05, 0) is 11.6 Å². The SMILES string of the molecule is CC(Br)CNC(=O)C1Cc2ccccc2O1. The van der Waals surface area contributed by atoms with Gasteiger partial charge in [0, 0.05) is 17.8 Å². The Balaban J connectivity index is 1.93. The topological polar surface area (TPSA) is 38.3 Å². The van der Waals surface area contributed by atoms with E-state index >= 15 is 0 Å². The molecule has 1 aromatic carbocycles. The van der Waals surface area contributed by atoms with Crippen molar-refractivity contribution >= 4 is 21.8 Å². The van der Waals surface area contributed by atoms with E-state index < -0.39 is 0 Å². The van der Waals surface area contributed by atoms with Crippen LogP contribution in [0.2, 0.25) is 0 Å². The van der Waals surface area contributed by atoms with Crippen LogP contribution >= 0.6 is 15.9 Å². The lowest BCUT2D eigenvalue weighted by Crippen LogP contribution is -2.39. The number of fused-ring (bicyclic) bond motifs is 1. The third kappa shape index (κ3) is 2.55. The second-order valence-corrected chi connectivity index (χ2v) is 5.51. The van der Waals surface area contributed by atoms with Gasteiger partial charge in [0.2, 0.25) is 0 Å². The molecule has 0 aliphatic carbocycles. The molecule has 0 spiro atoms. The summed E-state index contributed by atoms with van der Waals surface area (Å²) in [6.07, 6.45) is 0.294. The summed E-state index contributed by atoms with van der Waals surface area (Å²) in [5.74, 6) is 0.789. The quantitative estimate of drug-likeness (QED) is 0.861. The second-order valence-electron chi connectivity index (χ2n) is 3.94. The van der Waals surface area contributed by atoms with Gasteiger partial charge in [-0.25, -0.2) is 0 Å². The van der Waals surface area contributed by atoms with Gasteiger partial charge in [0.15, 0.2) is 6.10 Å². The molecule has 86 valence electrons. The Labute approximate surface area is 103 Å². The van der Waals surface area contributed by atoms with Gasteiger partial charge in [0.25, 0.3) is 5.91 Å². The predicted octanol–water partition coefficient (Wildman–Crippen LogP) is 1.89. The number of nitrogens with one attached hydrogen (secondary N) is 1. The Morgan fingerprint density at radius 2 is 2.38 bits per heavy atom. The Bertz CT molecular complexity index is 367. The van der Waals surface area contributed by atoms with Gasteiger partial charge >= 0.3 is 0 Å². The first-order chi connectivity index (χ1) is 7.66. The van der Waals surface area contributed by atoms with E-state index in [4.69, 9.17) is 4.74 Å². The summed E-state index contributed by atoms with van der Waals surface area (Å²) in [6, 6.07) is 7.77. The van der Waals surface area contributed by atoms with Gasteiger partial charge in [-0.15, -0.1) is 0 Å².